The van der Waals surface area contributed by atoms with Gasteiger partial charge >= 0.3 is 0 Å². The number of aromatic nitrogens is 2. The van der Waals surface area contributed by atoms with Crippen molar-refractivity contribution in [1.82, 2.24) is 14.9 Å². The predicted molar refractivity (Wildman–Crippen MR) is 112 cm³/mol. The van der Waals surface area contributed by atoms with Gasteiger partial charge < -0.3 is 14.7 Å². The fourth-order valence-corrected chi connectivity index (χ4v) is 4.13. The van der Waals surface area contributed by atoms with E-state index in [0.717, 1.165) is 18.5 Å². The van der Waals surface area contributed by atoms with E-state index in [2.05, 4.69) is 20.9 Å². The first-order valence-electron chi connectivity index (χ1n) is 10.2. The van der Waals surface area contributed by atoms with E-state index in [1.807, 2.05) is 18.2 Å². The van der Waals surface area contributed by atoms with Crippen LogP contribution in [0.3, 0.4) is 0 Å². The average Bonchev–Trinajstić information content (AvgIpc) is 2.78. The van der Waals surface area contributed by atoms with Crippen molar-refractivity contribution in [3.05, 3.63) is 48.3 Å². The van der Waals surface area contributed by atoms with Gasteiger partial charge in [-0.3, -0.25) is 9.59 Å². The number of hydrogen-bond acceptors (Lipinski definition) is 5. The number of benzene rings is 1. The summed E-state index contributed by atoms with van der Waals surface area (Å²) in [6.45, 7) is 6.60. The van der Waals surface area contributed by atoms with E-state index < -0.39 is 5.41 Å². The molecular weight excluding hydrogens is 366 g/mol. The zero-order chi connectivity index (χ0) is 20.4. The normalized spacial score (nSPS) is 17.1. The molecule has 4 rings (SSSR count). The van der Waals surface area contributed by atoms with E-state index in [9.17, 15) is 9.59 Å². The fourth-order valence-electron chi connectivity index (χ4n) is 4.13. The minimum Gasteiger partial charge on any atom is -0.338 e. The highest BCUT2D eigenvalue weighted by Gasteiger charge is 2.43. The second kappa shape index (κ2) is 7.81. The van der Waals surface area contributed by atoms with Crippen LogP contribution in [0.25, 0.3) is 0 Å². The molecule has 0 radical (unpaired) electrons. The summed E-state index contributed by atoms with van der Waals surface area (Å²) in [4.78, 5) is 40.9. The zero-order valence-corrected chi connectivity index (χ0v) is 17.0. The van der Waals surface area contributed by atoms with Crippen LogP contribution in [0.2, 0.25) is 0 Å². The summed E-state index contributed by atoms with van der Waals surface area (Å²) in [5.74, 6) is 0.447. The summed E-state index contributed by atoms with van der Waals surface area (Å²) >= 11 is 0. The molecule has 0 N–H and O–H groups in total. The largest absolute Gasteiger partial charge is 0.338 e. The van der Waals surface area contributed by atoms with E-state index in [-0.39, 0.29) is 11.8 Å². The number of piperazine rings is 1. The molecule has 29 heavy (non-hydrogen) atoms. The molecule has 2 aromatic rings. The molecule has 0 aliphatic carbocycles. The van der Waals surface area contributed by atoms with Crippen molar-refractivity contribution in [1.29, 1.82) is 0 Å². The van der Waals surface area contributed by atoms with Gasteiger partial charge in [0.1, 0.15) is 5.41 Å². The van der Waals surface area contributed by atoms with Crippen molar-refractivity contribution >= 4 is 23.5 Å². The van der Waals surface area contributed by atoms with Crippen LogP contribution >= 0.6 is 0 Å². The number of amides is 2. The Morgan fingerprint density at radius 3 is 2.31 bits per heavy atom. The lowest BCUT2D eigenvalue weighted by molar-refractivity contribution is -0.147. The number of hydrogen-bond donors (Lipinski definition) is 0. The Kier molecular flexibility index (Phi) is 5.22. The molecule has 0 unspecified atom stereocenters. The Morgan fingerprint density at radius 2 is 1.59 bits per heavy atom. The number of aryl methyl sites for hydroxylation is 1. The van der Waals surface area contributed by atoms with Crippen LogP contribution in [0.4, 0.5) is 11.6 Å². The molecule has 1 fully saturated rings. The summed E-state index contributed by atoms with van der Waals surface area (Å²) in [6.07, 6.45) is 5.33. The number of nitrogens with zero attached hydrogens (tertiary/aromatic N) is 5. The molecule has 2 aliphatic rings. The smallest absolute Gasteiger partial charge is 0.242 e. The standard InChI is InChI=1S/C22H27N5O2/c1-22(2,20(29)27-12-5-8-17-7-3-4-9-18(17)27)19(28)25-13-15-26(16-14-25)21-23-10-6-11-24-21/h3-4,6-7,9-11H,5,8,12-16H2,1-2H3. The lowest BCUT2D eigenvalue weighted by atomic mass is 9.87. The molecular formula is C22H27N5O2. The number of anilines is 2. The van der Waals surface area contributed by atoms with Crippen LogP contribution in [0, 0.1) is 5.41 Å². The second-order valence-electron chi connectivity index (χ2n) is 8.14. The van der Waals surface area contributed by atoms with Crippen LogP contribution in [0.5, 0.6) is 0 Å². The Hall–Kier alpha value is -2.96. The molecule has 0 saturated carbocycles. The van der Waals surface area contributed by atoms with Crippen molar-refractivity contribution in [3.63, 3.8) is 0 Å². The van der Waals surface area contributed by atoms with Gasteiger partial charge in [0.25, 0.3) is 0 Å². The third-order valence-corrected chi connectivity index (χ3v) is 5.83. The molecule has 152 valence electrons. The highest BCUT2D eigenvalue weighted by molar-refractivity contribution is 6.11. The topological polar surface area (TPSA) is 69.6 Å². The van der Waals surface area contributed by atoms with Gasteiger partial charge in [0.2, 0.25) is 17.8 Å². The molecule has 3 heterocycles. The van der Waals surface area contributed by atoms with Gasteiger partial charge in [-0.1, -0.05) is 18.2 Å². The molecule has 0 bridgehead atoms. The summed E-state index contributed by atoms with van der Waals surface area (Å²) in [5, 5.41) is 0. The van der Waals surface area contributed by atoms with Gasteiger partial charge in [-0.05, 0) is 44.4 Å². The van der Waals surface area contributed by atoms with Crippen molar-refractivity contribution in [2.75, 3.05) is 42.5 Å². The Labute approximate surface area is 171 Å². The summed E-state index contributed by atoms with van der Waals surface area (Å²) in [6, 6.07) is 9.78. The van der Waals surface area contributed by atoms with Crippen molar-refractivity contribution < 1.29 is 9.59 Å². The predicted octanol–water partition coefficient (Wildman–Crippen LogP) is 2.13. The molecule has 2 aliphatic heterocycles. The van der Waals surface area contributed by atoms with Crippen LogP contribution in [0.15, 0.2) is 42.7 Å². The lowest BCUT2D eigenvalue weighted by Gasteiger charge is -2.40. The van der Waals surface area contributed by atoms with Gasteiger partial charge in [-0.25, -0.2) is 9.97 Å². The maximum absolute atomic E-state index is 13.4. The van der Waals surface area contributed by atoms with Crippen molar-refractivity contribution in [2.24, 2.45) is 5.41 Å². The number of para-hydroxylation sites is 1. The van der Waals surface area contributed by atoms with Crippen molar-refractivity contribution in [3.8, 4) is 0 Å². The van der Waals surface area contributed by atoms with Gasteiger partial charge in [0, 0.05) is 50.8 Å². The van der Waals surface area contributed by atoms with Gasteiger partial charge in [-0.2, -0.15) is 0 Å². The van der Waals surface area contributed by atoms with E-state index in [1.165, 1.54) is 5.56 Å². The van der Waals surface area contributed by atoms with Gasteiger partial charge in [0.15, 0.2) is 0 Å². The molecule has 1 saturated heterocycles. The molecule has 7 heteroatoms. The third kappa shape index (κ3) is 3.69. The molecule has 7 nitrogen and oxygen atoms in total. The number of carbonyl (C=O) groups excluding carboxylic acids is 2. The van der Waals surface area contributed by atoms with E-state index in [4.69, 9.17) is 0 Å². The number of fused-ring (bicyclic) bond motifs is 1. The molecule has 1 aromatic carbocycles. The first kappa shape index (κ1) is 19.4. The SMILES string of the molecule is CC(C)(C(=O)N1CCN(c2ncccn2)CC1)C(=O)N1CCCc2ccccc21. The summed E-state index contributed by atoms with van der Waals surface area (Å²) in [7, 11) is 0. The molecule has 0 atom stereocenters. The minimum atomic E-state index is -1.10. The average molecular weight is 393 g/mol. The van der Waals surface area contributed by atoms with Crippen molar-refractivity contribution in [2.45, 2.75) is 26.7 Å². The number of carbonyl (C=O) groups is 2. The van der Waals surface area contributed by atoms with Gasteiger partial charge in [0.05, 0.1) is 0 Å². The third-order valence-electron chi connectivity index (χ3n) is 5.83. The van der Waals surface area contributed by atoms with E-state index in [0.29, 0.717) is 38.7 Å². The van der Waals surface area contributed by atoms with Crippen LogP contribution in [-0.2, 0) is 16.0 Å². The summed E-state index contributed by atoms with van der Waals surface area (Å²) in [5.41, 5.74) is 1.01. The fraction of sp³-hybridized carbons (Fsp3) is 0.455. The minimum absolute atomic E-state index is 0.112. The highest BCUT2D eigenvalue weighted by Crippen LogP contribution is 2.32. The first-order valence-corrected chi connectivity index (χ1v) is 10.2. The van der Waals surface area contributed by atoms with Crippen LogP contribution < -0.4 is 9.80 Å². The van der Waals surface area contributed by atoms with Gasteiger partial charge in [-0.15, -0.1) is 0 Å². The monoisotopic (exact) mass is 393 g/mol. The first-order chi connectivity index (χ1) is 14.0. The molecule has 0 spiro atoms. The van der Waals surface area contributed by atoms with E-state index >= 15 is 0 Å². The molecule has 2 amide bonds. The Balaban J connectivity index is 1.45. The Morgan fingerprint density at radius 1 is 0.897 bits per heavy atom. The quantitative estimate of drug-likeness (QED) is 0.748. The second-order valence-corrected chi connectivity index (χ2v) is 8.14. The molecule has 1 aromatic heterocycles. The Bertz CT molecular complexity index is 891. The number of rotatable bonds is 3. The lowest BCUT2D eigenvalue weighted by Crippen LogP contribution is -2.56. The summed E-state index contributed by atoms with van der Waals surface area (Å²) < 4.78 is 0. The highest BCUT2D eigenvalue weighted by atomic mass is 16.2. The van der Waals surface area contributed by atoms with Crippen LogP contribution in [0.1, 0.15) is 25.8 Å². The maximum atomic E-state index is 13.4. The maximum Gasteiger partial charge on any atom is 0.242 e. The zero-order valence-electron chi connectivity index (χ0n) is 17.0. The van der Waals surface area contributed by atoms with Crippen LogP contribution in [-0.4, -0.2) is 59.4 Å². The van der Waals surface area contributed by atoms with E-state index in [1.54, 1.807) is 42.1 Å².